The SMILES string of the molecule is CC(C)CC[C@@H](O)C(=O)N(O)C(=O)N(CC(C)(C)C)c1noc(-c2cccs2)n1. The van der Waals surface area contributed by atoms with Crippen LogP contribution >= 0.6 is 11.3 Å². The molecule has 10 heteroatoms. The number of aliphatic hydroxyl groups excluding tert-OH is 1. The van der Waals surface area contributed by atoms with Crippen LogP contribution in [0.4, 0.5) is 10.7 Å². The van der Waals surface area contributed by atoms with Crippen LogP contribution in [0.3, 0.4) is 0 Å². The second-order valence-corrected chi connectivity index (χ2v) is 9.39. The maximum Gasteiger partial charge on any atom is 0.358 e. The molecule has 0 bridgehead atoms. The number of aromatic nitrogens is 2. The molecule has 0 saturated heterocycles. The number of carbonyl (C=O) groups is 2. The highest BCUT2D eigenvalue weighted by Gasteiger charge is 2.35. The summed E-state index contributed by atoms with van der Waals surface area (Å²) in [4.78, 5) is 31.2. The molecule has 0 saturated carbocycles. The van der Waals surface area contributed by atoms with Gasteiger partial charge < -0.3 is 9.63 Å². The van der Waals surface area contributed by atoms with Gasteiger partial charge in [0.2, 0.25) is 0 Å². The molecule has 0 aliphatic carbocycles. The first-order valence-electron chi connectivity index (χ1n) is 9.39. The molecule has 29 heavy (non-hydrogen) atoms. The zero-order valence-corrected chi connectivity index (χ0v) is 18.1. The largest absolute Gasteiger partial charge is 0.383 e. The number of hydrogen-bond acceptors (Lipinski definition) is 8. The molecule has 0 unspecified atom stereocenters. The minimum Gasteiger partial charge on any atom is -0.383 e. The molecule has 9 nitrogen and oxygen atoms in total. The summed E-state index contributed by atoms with van der Waals surface area (Å²) in [7, 11) is 0. The van der Waals surface area contributed by atoms with Crippen LogP contribution in [0, 0.1) is 11.3 Å². The smallest absolute Gasteiger partial charge is 0.358 e. The fourth-order valence-corrected chi connectivity index (χ4v) is 3.13. The Labute approximate surface area is 173 Å². The first-order chi connectivity index (χ1) is 13.5. The van der Waals surface area contributed by atoms with E-state index in [4.69, 9.17) is 4.52 Å². The van der Waals surface area contributed by atoms with Gasteiger partial charge in [0.1, 0.15) is 6.10 Å². The van der Waals surface area contributed by atoms with Crippen molar-refractivity contribution in [1.29, 1.82) is 0 Å². The molecule has 0 aliphatic rings. The minimum absolute atomic E-state index is 0.0715. The summed E-state index contributed by atoms with van der Waals surface area (Å²) < 4.78 is 5.23. The fraction of sp³-hybridized carbons (Fsp3) is 0.579. The number of rotatable bonds is 7. The quantitative estimate of drug-likeness (QED) is 0.512. The molecule has 2 rings (SSSR count). The number of urea groups is 1. The maximum atomic E-state index is 12.9. The number of anilines is 1. The normalized spacial score (nSPS) is 12.8. The highest BCUT2D eigenvalue weighted by atomic mass is 32.1. The molecule has 2 aromatic heterocycles. The van der Waals surface area contributed by atoms with Crippen molar-refractivity contribution in [3.8, 4) is 10.8 Å². The number of carbonyl (C=O) groups excluding carboxylic acids is 2. The molecular formula is C19H28N4O5S. The van der Waals surface area contributed by atoms with E-state index in [1.807, 2.05) is 46.1 Å². The molecule has 0 fully saturated rings. The van der Waals surface area contributed by atoms with Crippen molar-refractivity contribution in [2.75, 3.05) is 11.4 Å². The van der Waals surface area contributed by atoms with Gasteiger partial charge in [-0.25, -0.2) is 4.79 Å². The summed E-state index contributed by atoms with van der Waals surface area (Å²) in [6.07, 6.45) is -0.754. The molecule has 3 amide bonds. The van der Waals surface area contributed by atoms with Gasteiger partial charge in [0.05, 0.1) is 4.88 Å². The second kappa shape index (κ2) is 9.47. The maximum absolute atomic E-state index is 12.9. The first kappa shape index (κ1) is 23.0. The Morgan fingerprint density at radius 1 is 1.28 bits per heavy atom. The number of nitrogens with zero attached hydrogens (tertiary/aromatic N) is 4. The van der Waals surface area contributed by atoms with Crippen LogP contribution in [0.15, 0.2) is 22.0 Å². The summed E-state index contributed by atoms with van der Waals surface area (Å²) in [5, 5.41) is 25.8. The van der Waals surface area contributed by atoms with Gasteiger partial charge in [0.15, 0.2) is 0 Å². The van der Waals surface area contributed by atoms with Crippen molar-refractivity contribution in [2.45, 2.75) is 53.6 Å². The predicted molar refractivity (Wildman–Crippen MR) is 109 cm³/mol. The van der Waals surface area contributed by atoms with Crippen molar-refractivity contribution in [3.63, 3.8) is 0 Å². The van der Waals surface area contributed by atoms with Crippen molar-refractivity contribution in [1.82, 2.24) is 15.2 Å². The standard InChI is InChI=1S/C19H28N4O5S/c1-12(2)8-9-13(24)16(25)23(27)18(26)22(11-19(3,4)5)17-20-15(28-21-17)14-7-6-10-29-14/h6-7,10,12-13,24,27H,8-9,11H2,1-5H3/t13-/m1/s1. The Hall–Kier alpha value is -2.30. The summed E-state index contributed by atoms with van der Waals surface area (Å²) in [6, 6.07) is 2.58. The number of hydroxylamine groups is 2. The monoisotopic (exact) mass is 424 g/mol. The van der Waals surface area contributed by atoms with Gasteiger partial charge in [-0.2, -0.15) is 4.98 Å². The van der Waals surface area contributed by atoms with Gasteiger partial charge in [-0.1, -0.05) is 40.7 Å². The molecule has 0 aliphatic heterocycles. The van der Waals surface area contributed by atoms with E-state index in [0.717, 1.165) is 9.78 Å². The molecular weight excluding hydrogens is 396 g/mol. The van der Waals surface area contributed by atoms with Crippen LogP contribution in [0.2, 0.25) is 0 Å². The molecule has 0 spiro atoms. The third-order valence-electron chi connectivity index (χ3n) is 3.94. The van der Waals surface area contributed by atoms with Gasteiger partial charge in [0, 0.05) is 6.54 Å². The van der Waals surface area contributed by atoms with Crippen molar-refractivity contribution >= 4 is 29.2 Å². The Bertz CT molecular complexity index is 813. The van der Waals surface area contributed by atoms with Gasteiger partial charge in [-0.15, -0.1) is 16.4 Å². The lowest BCUT2D eigenvalue weighted by Gasteiger charge is -2.29. The summed E-state index contributed by atoms with van der Waals surface area (Å²) in [5.41, 5.74) is -0.389. The van der Waals surface area contributed by atoms with Crippen LogP contribution in [-0.4, -0.2) is 50.1 Å². The topological polar surface area (TPSA) is 120 Å². The Morgan fingerprint density at radius 2 is 1.97 bits per heavy atom. The van der Waals surface area contributed by atoms with E-state index >= 15 is 0 Å². The van der Waals surface area contributed by atoms with Crippen molar-refractivity contribution < 1.29 is 24.4 Å². The Balaban J connectivity index is 2.22. The van der Waals surface area contributed by atoms with Gasteiger partial charge in [0.25, 0.3) is 17.7 Å². The zero-order valence-electron chi connectivity index (χ0n) is 17.3. The van der Waals surface area contributed by atoms with Gasteiger partial charge in [-0.3, -0.25) is 14.9 Å². The van der Waals surface area contributed by atoms with E-state index in [2.05, 4.69) is 10.1 Å². The lowest BCUT2D eigenvalue weighted by molar-refractivity contribution is -0.162. The van der Waals surface area contributed by atoms with Crippen molar-refractivity contribution in [3.05, 3.63) is 17.5 Å². The summed E-state index contributed by atoms with van der Waals surface area (Å²) >= 11 is 1.40. The number of thiophene rings is 1. The molecule has 2 N–H and O–H groups in total. The fourth-order valence-electron chi connectivity index (χ4n) is 2.49. The van der Waals surface area contributed by atoms with E-state index in [9.17, 15) is 19.9 Å². The van der Waals surface area contributed by atoms with Gasteiger partial charge >= 0.3 is 6.03 Å². The first-order valence-corrected chi connectivity index (χ1v) is 10.3. The average Bonchev–Trinajstić information content (AvgIpc) is 3.32. The lowest BCUT2D eigenvalue weighted by atomic mass is 9.96. The Kier molecular flexibility index (Phi) is 7.50. The highest BCUT2D eigenvalue weighted by Crippen LogP contribution is 2.27. The lowest BCUT2D eigenvalue weighted by Crippen LogP contribution is -2.50. The van der Waals surface area contributed by atoms with Crippen LogP contribution in [-0.2, 0) is 4.79 Å². The molecule has 0 aromatic carbocycles. The summed E-state index contributed by atoms with van der Waals surface area (Å²) in [6.45, 7) is 9.66. The van der Waals surface area contributed by atoms with Crippen LogP contribution in [0.5, 0.6) is 0 Å². The molecule has 2 aromatic rings. The van der Waals surface area contributed by atoms with E-state index < -0.39 is 18.0 Å². The van der Waals surface area contributed by atoms with E-state index in [1.54, 1.807) is 6.07 Å². The van der Waals surface area contributed by atoms with Crippen LogP contribution in [0.1, 0.15) is 47.5 Å². The second-order valence-electron chi connectivity index (χ2n) is 8.44. The van der Waals surface area contributed by atoms with Gasteiger partial charge in [-0.05, 0) is 40.8 Å². The molecule has 2 heterocycles. The summed E-state index contributed by atoms with van der Waals surface area (Å²) in [5.74, 6) is -0.657. The number of amides is 3. The van der Waals surface area contributed by atoms with E-state index in [-0.39, 0.29) is 41.2 Å². The van der Waals surface area contributed by atoms with E-state index in [1.165, 1.54) is 11.3 Å². The van der Waals surface area contributed by atoms with Crippen LogP contribution in [0.25, 0.3) is 10.8 Å². The van der Waals surface area contributed by atoms with Crippen molar-refractivity contribution in [2.24, 2.45) is 11.3 Å². The molecule has 1 atom stereocenters. The van der Waals surface area contributed by atoms with E-state index in [0.29, 0.717) is 6.42 Å². The third kappa shape index (κ3) is 6.34. The molecule has 0 radical (unpaired) electrons. The highest BCUT2D eigenvalue weighted by molar-refractivity contribution is 7.13. The Morgan fingerprint density at radius 3 is 2.52 bits per heavy atom. The zero-order chi connectivity index (χ0) is 21.8. The average molecular weight is 425 g/mol. The number of aliphatic hydroxyl groups is 1. The van der Waals surface area contributed by atoms with Crippen LogP contribution < -0.4 is 4.90 Å². The third-order valence-corrected chi connectivity index (χ3v) is 4.80. The number of hydrogen-bond donors (Lipinski definition) is 2. The number of imide groups is 1. The minimum atomic E-state index is -1.48. The molecule has 160 valence electrons. The predicted octanol–water partition coefficient (Wildman–Crippen LogP) is 3.79.